The number of amides is 1. The first kappa shape index (κ1) is 16.3. The number of nitrogens with one attached hydrogen (secondary N) is 1. The Balaban J connectivity index is 1.33. The van der Waals surface area contributed by atoms with E-state index in [1.807, 2.05) is 18.3 Å². The number of fused-ring (bicyclic) bond motifs is 1. The fourth-order valence-electron chi connectivity index (χ4n) is 3.86. The number of aromatic nitrogens is 1. The quantitative estimate of drug-likeness (QED) is 0.900. The van der Waals surface area contributed by atoms with Crippen molar-refractivity contribution in [1.29, 1.82) is 0 Å². The Hall–Kier alpha value is -2.18. The summed E-state index contributed by atoms with van der Waals surface area (Å²) in [6, 6.07) is 9.42. The molecule has 2 fully saturated rings. The van der Waals surface area contributed by atoms with Crippen LogP contribution in [0.15, 0.2) is 47.2 Å². The van der Waals surface area contributed by atoms with Crippen LogP contribution in [0.3, 0.4) is 0 Å². The van der Waals surface area contributed by atoms with E-state index in [0.29, 0.717) is 24.1 Å². The van der Waals surface area contributed by atoms with Gasteiger partial charge in [0.05, 0.1) is 24.7 Å². The first-order valence-corrected chi connectivity index (χ1v) is 8.85. The van der Waals surface area contributed by atoms with Crippen molar-refractivity contribution in [3.8, 4) is 0 Å². The van der Waals surface area contributed by atoms with E-state index in [9.17, 15) is 4.79 Å². The molecule has 0 unspecified atom stereocenters. The Morgan fingerprint density at radius 1 is 1.32 bits per heavy atom. The van der Waals surface area contributed by atoms with E-state index in [1.54, 1.807) is 12.1 Å². The molecule has 3 atom stereocenters. The minimum Gasteiger partial charge on any atom is -0.459 e. The summed E-state index contributed by atoms with van der Waals surface area (Å²) in [4.78, 5) is 18.9. The Morgan fingerprint density at radius 3 is 3.08 bits per heavy atom. The molecule has 2 aromatic heterocycles. The molecule has 2 aliphatic rings. The van der Waals surface area contributed by atoms with Crippen LogP contribution in [0.25, 0.3) is 0 Å². The van der Waals surface area contributed by atoms with Crippen molar-refractivity contribution in [3.05, 3.63) is 54.2 Å². The topological polar surface area (TPSA) is 67.6 Å². The van der Waals surface area contributed by atoms with Gasteiger partial charge in [-0.05, 0) is 43.1 Å². The monoisotopic (exact) mass is 341 g/mol. The molecule has 6 nitrogen and oxygen atoms in total. The van der Waals surface area contributed by atoms with Crippen LogP contribution in [-0.4, -0.2) is 48.1 Å². The number of carbonyl (C=O) groups is 1. The molecule has 0 radical (unpaired) electrons. The van der Waals surface area contributed by atoms with Gasteiger partial charge in [-0.2, -0.15) is 0 Å². The molecule has 2 aromatic rings. The second-order valence-electron chi connectivity index (χ2n) is 6.83. The second kappa shape index (κ2) is 7.37. The number of piperidine rings is 1. The van der Waals surface area contributed by atoms with E-state index >= 15 is 0 Å². The predicted octanol–water partition coefficient (Wildman–Crippen LogP) is 1.94. The number of pyridine rings is 1. The van der Waals surface area contributed by atoms with Crippen molar-refractivity contribution >= 4 is 5.91 Å². The largest absolute Gasteiger partial charge is 0.459 e. The average Bonchev–Trinajstić information content (AvgIpc) is 3.31. The fraction of sp³-hybridized carbons (Fsp3) is 0.474. The number of rotatable bonds is 5. The summed E-state index contributed by atoms with van der Waals surface area (Å²) in [7, 11) is 0. The third-order valence-electron chi connectivity index (χ3n) is 5.21. The first-order chi connectivity index (χ1) is 12.3. The van der Waals surface area contributed by atoms with Gasteiger partial charge in [-0.1, -0.05) is 6.07 Å². The number of hydrogen-bond donors (Lipinski definition) is 1. The van der Waals surface area contributed by atoms with E-state index in [2.05, 4.69) is 21.3 Å². The van der Waals surface area contributed by atoms with Gasteiger partial charge < -0.3 is 14.5 Å². The minimum atomic E-state index is -0.182. The van der Waals surface area contributed by atoms with E-state index < -0.39 is 0 Å². The number of ether oxygens (including phenoxy) is 1. The lowest BCUT2D eigenvalue weighted by molar-refractivity contribution is 0.0666. The Morgan fingerprint density at radius 2 is 2.28 bits per heavy atom. The first-order valence-electron chi connectivity index (χ1n) is 8.85. The maximum absolute atomic E-state index is 12.0. The van der Waals surface area contributed by atoms with Gasteiger partial charge in [0.2, 0.25) is 0 Å². The van der Waals surface area contributed by atoms with Crippen molar-refractivity contribution in [3.63, 3.8) is 0 Å². The molecule has 0 aliphatic carbocycles. The van der Waals surface area contributed by atoms with Crippen LogP contribution >= 0.6 is 0 Å². The molecule has 0 saturated carbocycles. The van der Waals surface area contributed by atoms with E-state index in [-0.39, 0.29) is 12.0 Å². The summed E-state index contributed by atoms with van der Waals surface area (Å²) in [5, 5.41) is 2.94. The summed E-state index contributed by atoms with van der Waals surface area (Å²) in [5.74, 6) is 1.20. The van der Waals surface area contributed by atoms with Crippen LogP contribution in [0.1, 0.15) is 22.7 Å². The highest BCUT2D eigenvalue weighted by Crippen LogP contribution is 2.34. The van der Waals surface area contributed by atoms with Gasteiger partial charge in [-0.3, -0.25) is 14.7 Å². The standard InChI is InChI=1S/C19H23N3O3/c23-19(17-5-3-9-24-17)21-10-18-16-12-22(8-6-14(16)13-25-18)11-15-4-1-2-7-20-15/h1-5,7,9,14,16,18H,6,8,10-13H2,(H,21,23)/t14-,16-,18+/m1/s1. The number of carbonyl (C=O) groups excluding carboxylic acids is 1. The van der Waals surface area contributed by atoms with Crippen LogP contribution in [0.5, 0.6) is 0 Å². The summed E-state index contributed by atoms with van der Waals surface area (Å²) < 4.78 is 11.1. The number of nitrogens with zero attached hydrogens (tertiary/aromatic N) is 2. The Bertz CT molecular complexity index is 689. The maximum Gasteiger partial charge on any atom is 0.287 e. The van der Waals surface area contributed by atoms with Crippen molar-refractivity contribution < 1.29 is 13.9 Å². The van der Waals surface area contributed by atoms with Gasteiger partial charge in [0.1, 0.15) is 0 Å². The van der Waals surface area contributed by atoms with E-state index in [4.69, 9.17) is 9.15 Å². The fourth-order valence-corrected chi connectivity index (χ4v) is 3.86. The summed E-state index contributed by atoms with van der Waals surface area (Å²) in [5.41, 5.74) is 1.10. The zero-order valence-electron chi connectivity index (χ0n) is 14.1. The maximum atomic E-state index is 12.0. The molecular formula is C19H23N3O3. The van der Waals surface area contributed by atoms with Crippen LogP contribution in [-0.2, 0) is 11.3 Å². The molecule has 1 N–H and O–H groups in total. The molecule has 2 aliphatic heterocycles. The van der Waals surface area contributed by atoms with Crippen LogP contribution in [0.4, 0.5) is 0 Å². The van der Waals surface area contributed by atoms with Gasteiger partial charge in [0.15, 0.2) is 5.76 Å². The summed E-state index contributed by atoms with van der Waals surface area (Å²) in [6.45, 7) is 4.26. The van der Waals surface area contributed by atoms with E-state index in [0.717, 1.165) is 38.4 Å². The van der Waals surface area contributed by atoms with Gasteiger partial charge in [-0.15, -0.1) is 0 Å². The minimum absolute atomic E-state index is 0.0652. The third-order valence-corrected chi connectivity index (χ3v) is 5.21. The molecule has 132 valence electrons. The average molecular weight is 341 g/mol. The number of furan rings is 1. The lowest BCUT2D eigenvalue weighted by Gasteiger charge is -2.35. The summed E-state index contributed by atoms with van der Waals surface area (Å²) >= 11 is 0. The smallest absolute Gasteiger partial charge is 0.287 e. The van der Waals surface area contributed by atoms with Crippen LogP contribution in [0, 0.1) is 11.8 Å². The van der Waals surface area contributed by atoms with Crippen LogP contribution < -0.4 is 5.32 Å². The zero-order valence-corrected chi connectivity index (χ0v) is 14.1. The lowest BCUT2D eigenvalue weighted by atomic mass is 9.84. The molecule has 4 rings (SSSR count). The molecule has 4 heterocycles. The zero-order chi connectivity index (χ0) is 17.1. The molecule has 6 heteroatoms. The van der Waals surface area contributed by atoms with E-state index in [1.165, 1.54) is 6.26 Å². The number of hydrogen-bond acceptors (Lipinski definition) is 5. The summed E-state index contributed by atoms with van der Waals surface area (Å²) in [6.07, 6.45) is 4.55. The highest BCUT2D eigenvalue weighted by molar-refractivity contribution is 5.91. The van der Waals surface area contributed by atoms with Crippen LogP contribution in [0.2, 0.25) is 0 Å². The van der Waals surface area contributed by atoms with Gasteiger partial charge >= 0.3 is 0 Å². The highest BCUT2D eigenvalue weighted by atomic mass is 16.5. The van der Waals surface area contributed by atoms with Crippen molar-refractivity contribution in [2.24, 2.45) is 11.8 Å². The molecule has 0 spiro atoms. The highest BCUT2D eigenvalue weighted by Gasteiger charge is 2.40. The predicted molar refractivity (Wildman–Crippen MR) is 91.9 cm³/mol. The SMILES string of the molecule is O=C(NC[C@@H]1OC[C@H]2CCN(Cc3ccccn3)C[C@H]21)c1ccco1. The normalized spacial score (nSPS) is 26.3. The third kappa shape index (κ3) is 3.75. The molecule has 0 bridgehead atoms. The molecule has 1 amide bonds. The lowest BCUT2D eigenvalue weighted by Crippen LogP contribution is -2.45. The van der Waals surface area contributed by atoms with Crippen molar-refractivity contribution in [2.75, 3.05) is 26.2 Å². The molecule has 25 heavy (non-hydrogen) atoms. The molecule has 0 aromatic carbocycles. The van der Waals surface area contributed by atoms with Gasteiger partial charge in [0, 0.05) is 31.7 Å². The Kier molecular flexibility index (Phi) is 4.81. The van der Waals surface area contributed by atoms with Gasteiger partial charge in [0.25, 0.3) is 5.91 Å². The second-order valence-corrected chi connectivity index (χ2v) is 6.83. The van der Waals surface area contributed by atoms with Crippen molar-refractivity contribution in [1.82, 2.24) is 15.2 Å². The molecular weight excluding hydrogens is 318 g/mol. The molecule has 2 saturated heterocycles. The Labute approximate surface area is 147 Å². The number of likely N-dealkylation sites (tertiary alicyclic amines) is 1. The van der Waals surface area contributed by atoms with Gasteiger partial charge in [-0.25, -0.2) is 0 Å². The van der Waals surface area contributed by atoms with Crippen molar-refractivity contribution in [2.45, 2.75) is 19.1 Å².